The molecule has 4 heteroatoms. The second-order valence-electron chi connectivity index (χ2n) is 4.83. The zero-order valence-electron chi connectivity index (χ0n) is 11.6. The summed E-state index contributed by atoms with van der Waals surface area (Å²) >= 11 is 0. The highest BCUT2D eigenvalue weighted by Gasteiger charge is 2.23. The monoisotopic (exact) mass is 263 g/mol. The molecule has 19 heavy (non-hydrogen) atoms. The van der Waals surface area contributed by atoms with E-state index in [2.05, 4.69) is 0 Å². The van der Waals surface area contributed by atoms with Crippen molar-refractivity contribution >= 4 is 5.91 Å². The Balaban J connectivity index is 1.95. The number of methoxy groups -OCH3 is 1. The van der Waals surface area contributed by atoms with E-state index in [4.69, 9.17) is 9.47 Å². The maximum Gasteiger partial charge on any atom is 0.263 e. The van der Waals surface area contributed by atoms with Crippen LogP contribution in [-0.2, 0) is 4.79 Å². The Morgan fingerprint density at radius 3 is 2.58 bits per heavy atom. The first-order chi connectivity index (χ1) is 9.20. The van der Waals surface area contributed by atoms with Crippen molar-refractivity contribution in [3.8, 4) is 11.5 Å². The van der Waals surface area contributed by atoms with Gasteiger partial charge in [0.1, 0.15) is 11.5 Å². The average molecular weight is 263 g/mol. The molecule has 1 atom stereocenters. The Labute approximate surface area is 114 Å². The number of piperidine rings is 1. The molecule has 0 N–H and O–H groups in total. The average Bonchev–Trinajstić information content (AvgIpc) is 2.47. The number of ether oxygens (including phenoxy) is 2. The van der Waals surface area contributed by atoms with Crippen LogP contribution in [0.1, 0.15) is 26.2 Å². The van der Waals surface area contributed by atoms with Crippen molar-refractivity contribution in [1.29, 1.82) is 0 Å². The Morgan fingerprint density at radius 1 is 1.21 bits per heavy atom. The highest BCUT2D eigenvalue weighted by Crippen LogP contribution is 2.21. The van der Waals surface area contributed by atoms with Gasteiger partial charge in [-0.05, 0) is 38.3 Å². The Bertz CT molecular complexity index is 427. The summed E-state index contributed by atoms with van der Waals surface area (Å²) in [5.41, 5.74) is 0. The number of hydrogen-bond donors (Lipinski definition) is 0. The van der Waals surface area contributed by atoms with E-state index in [0.717, 1.165) is 31.7 Å². The van der Waals surface area contributed by atoms with Crippen molar-refractivity contribution in [2.45, 2.75) is 32.3 Å². The summed E-state index contributed by atoms with van der Waals surface area (Å²) in [6.45, 7) is 3.51. The molecule has 1 aliphatic heterocycles. The number of rotatable bonds is 4. The summed E-state index contributed by atoms with van der Waals surface area (Å²) < 4.78 is 10.8. The summed E-state index contributed by atoms with van der Waals surface area (Å²) in [5.74, 6) is 1.47. The molecule has 0 radical (unpaired) electrons. The van der Waals surface area contributed by atoms with Gasteiger partial charge in [0.05, 0.1) is 7.11 Å². The van der Waals surface area contributed by atoms with Crippen LogP contribution in [0.25, 0.3) is 0 Å². The molecule has 0 aromatic heterocycles. The van der Waals surface area contributed by atoms with Gasteiger partial charge in [-0.15, -0.1) is 0 Å². The first-order valence-corrected chi connectivity index (χ1v) is 6.80. The fraction of sp³-hybridized carbons (Fsp3) is 0.533. The predicted octanol–water partition coefficient (Wildman–Crippen LogP) is 2.48. The maximum atomic E-state index is 12.2. The molecule has 0 bridgehead atoms. The molecule has 1 aromatic rings. The quantitative estimate of drug-likeness (QED) is 0.837. The predicted molar refractivity (Wildman–Crippen MR) is 73.5 cm³/mol. The summed E-state index contributed by atoms with van der Waals surface area (Å²) in [5, 5.41) is 0. The number of carbonyl (C=O) groups excluding carboxylic acids is 1. The van der Waals surface area contributed by atoms with Crippen LogP contribution in [0.3, 0.4) is 0 Å². The van der Waals surface area contributed by atoms with Crippen LogP contribution in [0.5, 0.6) is 11.5 Å². The van der Waals surface area contributed by atoms with Crippen LogP contribution in [0.15, 0.2) is 24.3 Å². The number of benzene rings is 1. The van der Waals surface area contributed by atoms with Gasteiger partial charge in [0.25, 0.3) is 5.91 Å². The highest BCUT2D eigenvalue weighted by molar-refractivity contribution is 5.81. The van der Waals surface area contributed by atoms with Gasteiger partial charge in [-0.1, -0.05) is 6.07 Å². The molecule has 104 valence electrons. The minimum absolute atomic E-state index is 0.0718. The van der Waals surface area contributed by atoms with E-state index in [0.29, 0.717) is 5.75 Å². The maximum absolute atomic E-state index is 12.2. The number of nitrogens with zero attached hydrogens (tertiary/aromatic N) is 1. The second kappa shape index (κ2) is 6.45. The van der Waals surface area contributed by atoms with Crippen LogP contribution in [-0.4, -0.2) is 37.1 Å². The number of carbonyl (C=O) groups is 1. The van der Waals surface area contributed by atoms with Gasteiger partial charge in [-0.3, -0.25) is 4.79 Å². The molecule has 2 rings (SSSR count). The zero-order chi connectivity index (χ0) is 13.7. The fourth-order valence-electron chi connectivity index (χ4n) is 2.30. The van der Waals surface area contributed by atoms with Crippen LogP contribution < -0.4 is 9.47 Å². The topological polar surface area (TPSA) is 38.8 Å². The third-order valence-electron chi connectivity index (χ3n) is 3.37. The molecule has 1 aliphatic rings. The van der Waals surface area contributed by atoms with E-state index in [1.807, 2.05) is 23.1 Å². The molecule has 0 saturated carbocycles. The largest absolute Gasteiger partial charge is 0.497 e. The summed E-state index contributed by atoms with van der Waals surface area (Å²) in [6.07, 6.45) is 2.95. The molecule has 4 nitrogen and oxygen atoms in total. The third kappa shape index (κ3) is 3.63. The lowest BCUT2D eigenvalue weighted by molar-refractivity contribution is -0.138. The van der Waals surface area contributed by atoms with E-state index >= 15 is 0 Å². The van der Waals surface area contributed by atoms with Crippen LogP contribution >= 0.6 is 0 Å². The third-order valence-corrected chi connectivity index (χ3v) is 3.37. The summed E-state index contributed by atoms with van der Waals surface area (Å²) in [6, 6.07) is 7.33. The van der Waals surface area contributed by atoms with Gasteiger partial charge < -0.3 is 14.4 Å². The zero-order valence-corrected chi connectivity index (χ0v) is 11.6. The highest BCUT2D eigenvalue weighted by atomic mass is 16.5. The standard InChI is InChI=1S/C15H21NO3/c1-12(15(17)16-9-4-3-5-10-16)19-14-8-6-7-13(11-14)18-2/h6-8,11-12H,3-5,9-10H2,1-2H3/t12-/m1/s1. The van der Waals surface area contributed by atoms with Gasteiger partial charge >= 0.3 is 0 Å². The smallest absolute Gasteiger partial charge is 0.263 e. The van der Waals surface area contributed by atoms with E-state index in [-0.39, 0.29) is 5.91 Å². The lowest BCUT2D eigenvalue weighted by Crippen LogP contribution is -2.43. The lowest BCUT2D eigenvalue weighted by atomic mass is 10.1. The fourth-order valence-corrected chi connectivity index (χ4v) is 2.30. The second-order valence-corrected chi connectivity index (χ2v) is 4.83. The van der Waals surface area contributed by atoms with Crippen molar-refractivity contribution in [3.63, 3.8) is 0 Å². The number of likely N-dealkylation sites (tertiary alicyclic amines) is 1. The van der Waals surface area contributed by atoms with Crippen molar-refractivity contribution < 1.29 is 14.3 Å². The molecule has 0 spiro atoms. The van der Waals surface area contributed by atoms with Crippen LogP contribution in [0.2, 0.25) is 0 Å². The van der Waals surface area contributed by atoms with Gasteiger partial charge in [-0.2, -0.15) is 0 Å². The molecule has 1 fully saturated rings. The number of hydrogen-bond acceptors (Lipinski definition) is 3. The van der Waals surface area contributed by atoms with Crippen molar-refractivity contribution in [3.05, 3.63) is 24.3 Å². The summed E-state index contributed by atoms with van der Waals surface area (Å²) in [4.78, 5) is 14.1. The Morgan fingerprint density at radius 2 is 1.89 bits per heavy atom. The van der Waals surface area contributed by atoms with Crippen molar-refractivity contribution in [2.75, 3.05) is 20.2 Å². The molecule has 1 heterocycles. The lowest BCUT2D eigenvalue weighted by Gasteiger charge is -2.29. The van der Waals surface area contributed by atoms with E-state index in [1.54, 1.807) is 20.1 Å². The first kappa shape index (κ1) is 13.7. The van der Waals surface area contributed by atoms with Gasteiger partial charge in [0.15, 0.2) is 6.10 Å². The SMILES string of the molecule is COc1cccc(O[C@H](C)C(=O)N2CCCCC2)c1. The molecule has 1 aromatic carbocycles. The molecule has 0 unspecified atom stereocenters. The van der Waals surface area contributed by atoms with Gasteiger partial charge in [0, 0.05) is 19.2 Å². The van der Waals surface area contributed by atoms with Crippen molar-refractivity contribution in [1.82, 2.24) is 4.90 Å². The molecule has 1 saturated heterocycles. The van der Waals surface area contributed by atoms with Crippen LogP contribution in [0, 0.1) is 0 Å². The summed E-state index contributed by atoms with van der Waals surface area (Å²) in [7, 11) is 1.61. The normalized spacial score (nSPS) is 16.8. The minimum Gasteiger partial charge on any atom is -0.497 e. The van der Waals surface area contributed by atoms with E-state index < -0.39 is 6.10 Å². The van der Waals surface area contributed by atoms with Gasteiger partial charge in [0.2, 0.25) is 0 Å². The molecule has 0 aliphatic carbocycles. The first-order valence-electron chi connectivity index (χ1n) is 6.80. The van der Waals surface area contributed by atoms with Crippen LogP contribution in [0.4, 0.5) is 0 Å². The van der Waals surface area contributed by atoms with Crippen molar-refractivity contribution in [2.24, 2.45) is 0 Å². The Kier molecular flexibility index (Phi) is 4.66. The number of amides is 1. The molecular formula is C15H21NO3. The Hall–Kier alpha value is -1.71. The molecular weight excluding hydrogens is 242 g/mol. The molecule has 1 amide bonds. The van der Waals surface area contributed by atoms with E-state index in [9.17, 15) is 4.79 Å². The van der Waals surface area contributed by atoms with Gasteiger partial charge in [-0.25, -0.2) is 0 Å². The minimum atomic E-state index is -0.454. The van der Waals surface area contributed by atoms with E-state index in [1.165, 1.54) is 6.42 Å².